The second-order valence-corrected chi connectivity index (χ2v) is 6.47. The van der Waals surface area contributed by atoms with Crippen LogP contribution in [0.3, 0.4) is 0 Å². The Labute approximate surface area is 139 Å². The van der Waals surface area contributed by atoms with Crippen molar-refractivity contribution in [3.63, 3.8) is 0 Å². The van der Waals surface area contributed by atoms with Gasteiger partial charge in [0.1, 0.15) is 5.52 Å². The van der Waals surface area contributed by atoms with Gasteiger partial charge in [-0.25, -0.2) is 4.68 Å². The number of halogens is 2. The number of aromatic amines is 1. The van der Waals surface area contributed by atoms with E-state index < -0.39 is 0 Å². The van der Waals surface area contributed by atoms with Crippen molar-refractivity contribution < 1.29 is 0 Å². The first kappa shape index (κ1) is 14.1. The monoisotopic (exact) mass is 418 g/mol. The van der Waals surface area contributed by atoms with Crippen molar-refractivity contribution in [2.24, 2.45) is 7.05 Å². The van der Waals surface area contributed by atoms with Crippen LogP contribution >= 0.6 is 46.4 Å². The number of nitrogens with zero attached hydrogens (tertiary/aromatic N) is 3. The van der Waals surface area contributed by atoms with Crippen LogP contribution in [0.25, 0.3) is 16.9 Å². The molecule has 0 atom stereocenters. The van der Waals surface area contributed by atoms with Crippen LogP contribution in [-0.4, -0.2) is 19.3 Å². The molecule has 0 aliphatic heterocycles. The van der Waals surface area contributed by atoms with Gasteiger partial charge in [0.25, 0.3) is 0 Å². The standard InChI is InChI=1S/C13H12ClIN4S/c1-3-9-11-12(18(2)17-9)19(13(20)16-11)10-5-4-7(14)6-8(10)15/h4-6H,3H2,1-2H3,(H,16,20). The van der Waals surface area contributed by atoms with Gasteiger partial charge in [-0.2, -0.15) is 5.10 Å². The maximum atomic E-state index is 6.03. The fraction of sp³-hybridized carbons (Fsp3) is 0.231. The van der Waals surface area contributed by atoms with E-state index in [9.17, 15) is 0 Å². The minimum atomic E-state index is 0.669. The van der Waals surface area contributed by atoms with Crippen LogP contribution < -0.4 is 0 Å². The van der Waals surface area contributed by atoms with E-state index in [1.165, 1.54) is 0 Å². The number of rotatable bonds is 2. The van der Waals surface area contributed by atoms with Crippen molar-refractivity contribution in [3.05, 3.63) is 37.3 Å². The molecule has 0 amide bonds. The van der Waals surface area contributed by atoms with E-state index in [0.717, 1.165) is 37.6 Å². The molecule has 3 aromatic rings. The lowest BCUT2D eigenvalue weighted by molar-refractivity contribution is 0.748. The molecule has 0 aliphatic carbocycles. The topological polar surface area (TPSA) is 38.5 Å². The summed E-state index contributed by atoms with van der Waals surface area (Å²) in [7, 11) is 1.93. The predicted molar refractivity (Wildman–Crippen MR) is 92.3 cm³/mol. The van der Waals surface area contributed by atoms with Crippen LogP contribution in [0.5, 0.6) is 0 Å². The van der Waals surface area contributed by atoms with Gasteiger partial charge in [0.15, 0.2) is 10.4 Å². The summed E-state index contributed by atoms with van der Waals surface area (Å²) < 4.78 is 5.59. The van der Waals surface area contributed by atoms with Gasteiger partial charge in [-0.15, -0.1) is 0 Å². The molecular formula is C13H12ClIN4S. The molecule has 1 N–H and O–H groups in total. The molecule has 0 fully saturated rings. The first-order valence-electron chi connectivity index (χ1n) is 6.15. The van der Waals surface area contributed by atoms with Crippen molar-refractivity contribution in [1.82, 2.24) is 19.3 Å². The van der Waals surface area contributed by atoms with Crippen LogP contribution in [0.15, 0.2) is 18.2 Å². The van der Waals surface area contributed by atoms with E-state index in [0.29, 0.717) is 4.77 Å². The van der Waals surface area contributed by atoms with Crippen LogP contribution in [0, 0.1) is 8.34 Å². The number of hydrogen-bond acceptors (Lipinski definition) is 2. The molecule has 0 aliphatic rings. The second kappa shape index (κ2) is 5.16. The number of benzene rings is 1. The molecular weight excluding hydrogens is 407 g/mol. The Morgan fingerprint density at radius 3 is 2.85 bits per heavy atom. The Balaban J connectivity index is 2.39. The summed E-state index contributed by atoms with van der Waals surface area (Å²) in [5, 5.41) is 5.25. The molecule has 0 saturated heterocycles. The van der Waals surface area contributed by atoms with Crippen molar-refractivity contribution >= 4 is 57.6 Å². The number of nitrogens with one attached hydrogen (secondary N) is 1. The maximum Gasteiger partial charge on any atom is 0.184 e. The third-order valence-electron chi connectivity index (χ3n) is 3.22. The Bertz CT molecular complexity index is 861. The summed E-state index contributed by atoms with van der Waals surface area (Å²) in [6.45, 7) is 2.09. The first-order valence-corrected chi connectivity index (χ1v) is 8.01. The van der Waals surface area contributed by atoms with Gasteiger partial charge in [0.05, 0.1) is 11.4 Å². The Kier molecular flexibility index (Phi) is 3.64. The van der Waals surface area contributed by atoms with E-state index in [-0.39, 0.29) is 0 Å². The van der Waals surface area contributed by atoms with Crippen molar-refractivity contribution in [2.75, 3.05) is 0 Å². The van der Waals surface area contributed by atoms with Gasteiger partial charge in [0.2, 0.25) is 0 Å². The molecule has 0 unspecified atom stereocenters. The highest BCUT2D eigenvalue weighted by Crippen LogP contribution is 2.27. The van der Waals surface area contributed by atoms with Crippen LogP contribution in [0.2, 0.25) is 5.02 Å². The smallest absolute Gasteiger partial charge is 0.184 e. The number of aryl methyl sites for hydroxylation is 2. The van der Waals surface area contributed by atoms with Crippen LogP contribution in [0.4, 0.5) is 0 Å². The van der Waals surface area contributed by atoms with E-state index >= 15 is 0 Å². The van der Waals surface area contributed by atoms with Gasteiger partial charge >= 0.3 is 0 Å². The van der Waals surface area contributed by atoms with E-state index in [1.54, 1.807) is 0 Å². The molecule has 0 radical (unpaired) electrons. The zero-order valence-corrected chi connectivity index (χ0v) is 14.7. The summed E-state index contributed by atoms with van der Waals surface area (Å²) in [5.74, 6) is 0. The fourth-order valence-electron chi connectivity index (χ4n) is 2.35. The van der Waals surface area contributed by atoms with Gasteiger partial charge < -0.3 is 4.98 Å². The highest BCUT2D eigenvalue weighted by Gasteiger charge is 2.16. The van der Waals surface area contributed by atoms with E-state index in [4.69, 9.17) is 23.8 Å². The summed E-state index contributed by atoms with van der Waals surface area (Å²) >= 11 is 13.8. The summed E-state index contributed by atoms with van der Waals surface area (Å²) in [5.41, 5.74) is 4.02. The Morgan fingerprint density at radius 2 is 2.20 bits per heavy atom. The van der Waals surface area contributed by atoms with Crippen molar-refractivity contribution in [2.45, 2.75) is 13.3 Å². The quantitative estimate of drug-likeness (QED) is 0.499. The number of fused-ring (bicyclic) bond motifs is 1. The lowest BCUT2D eigenvalue weighted by atomic mass is 10.3. The molecule has 0 bridgehead atoms. The molecule has 0 saturated carbocycles. The first-order chi connectivity index (χ1) is 9.52. The Hall–Kier alpha value is -0.860. The van der Waals surface area contributed by atoms with Gasteiger partial charge in [-0.05, 0) is 59.4 Å². The molecule has 20 heavy (non-hydrogen) atoms. The van der Waals surface area contributed by atoms with Gasteiger partial charge in [-0.3, -0.25) is 4.57 Å². The third kappa shape index (κ3) is 2.10. The SMILES string of the molecule is CCc1nn(C)c2c1[nH]c(=S)n2-c1ccc(Cl)cc1I. The average Bonchev–Trinajstić information content (AvgIpc) is 2.87. The summed E-state index contributed by atoms with van der Waals surface area (Å²) in [6, 6.07) is 5.78. The molecule has 4 nitrogen and oxygen atoms in total. The lowest BCUT2D eigenvalue weighted by Crippen LogP contribution is -2.02. The van der Waals surface area contributed by atoms with E-state index in [2.05, 4.69) is 39.6 Å². The number of imidazole rings is 1. The summed E-state index contributed by atoms with van der Waals surface area (Å²) in [6.07, 6.45) is 0.865. The Morgan fingerprint density at radius 1 is 1.45 bits per heavy atom. The minimum Gasteiger partial charge on any atom is -0.327 e. The third-order valence-corrected chi connectivity index (χ3v) is 4.61. The second-order valence-electron chi connectivity index (χ2n) is 4.48. The normalized spacial score (nSPS) is 11.4. The van der Waals surface area contributed by atoms with Crippen LogP contribution in [-0.2, 0) is 13.5 Å². The zero-order valence-electron chi connectivity index (χ0n) is 10.9. The highest BCUT2D eigenvalue weighted by atomic mass is 127. The van der Waals surface area contributed by atoms with E-state index in [1.807, 2.05) is 34.5 Å². The lowest BCUT2D eigenvalue weighted by Gasteiger charge is -2.07. The molecule has 1 aromatic carbocycles. The zero-order chi connectivity index (χ0) is 14.4. The molecule has 2 heterocycles. The molecule has 2 aromatic heterocycles. The van der Waals surface area contributed by atoms with Gasteiger partial charge in [0, 0.05) is 15.6 Å². The van der Waals surface area contributed by atoms with Crippen molar-refractivity contribution in [3.8, 4) is 5.69 Å². The predicted octanol–water partition coefficient (Wildman–Crippen LogP) is 4.24. The number of hydrogen-bond donors (Lipinski definition) is 1. The average molecular weight is 419 g/mol. The fourth-order valence-corrected chi connectivity index (χ4v) is 3.75. The maximum absolute atomic E-state index is 6.03. The number of H-pyrrole nitrogens is 1. The molecule has 0 spiro atoms. The van der Waals surface area contributed by atoms with Gasteiger partial charge in [-0.1, -0.05) is 18.5 Å². The number of aromatic nitrogens is 4. The largest absolute Gasteiger partial charge is 0.327 e. The molecule has 7 heteroatoms. The highest BCUT2D eigenvalue weighted by molar-refractivity contribution is 14.1. The minimum absolute atomic E-state index is 0.669. The summed E-state index contributed by atoms with van der Waals surface area (Å²) in [4.78, 5) is 3.27. The van der Waals surface area contributed by atoms with Crippen molar-refractivity contribution in [1.29, 1.82) is 0 Å². The molecule has 104 valence electrons. The molecule has 3 rings (SSSR count). The van der Waals surface area contributed by atoms with Crippen LogP contribution in [0.1, 0.15) is 12.6 Å².